The standard InChI is InChI=1S/C10H10BrF2NO2/c1-16-10(15)4-9(14)5-2-7(12)8(13)3-6(5)11/h2-3,9H,4,14H2,1H3/t9-/m1/s1. The normalized spacial score (nSPS) is 12.3. The third-order valence-corrected chi connectivity index (χ3v) is 2.74. The first-order chi connectivity index (χ1) is 7.45. The van der Waals surface area contributed by atoms with E-state index in [2.05, 4.69) is 20.7 Å². The number of nitrogens with two attached hydrogens (primary N) is 1. The fourth-order valence-electron chi connectivity index (χ4n) is 1.19. The summed E-state index contributed by atoms with van der Waals surface area (Å²) in [6, 6.07) is 1.20. The third kappa shape index (κ3) is 2.99. The molecule has 0 fully saturated rings. The number of rotatable bonds is 3. The average Bonchev–Trinajstić information content (AvgIpc) is 2.23. The molecule has 0 bridgehead atoms. The highest BCUT2D eigenvalue weighted by atomic mass is 79.9. The molecule has 2 N–H and O–H groups in total. The molecule has 16 heavy (non-hydrogen) atoms. The lowest BCUT2D eigenvalue weighted by atomic mass is 10.0. The van der Waals surface area contributed by atoms with Gasteiger partial charge in [-0.1, -0.05) is 15.9 Å². The Balaban J connectivity index is 2.95. The molecule has 0 saturated carbocycles. The highest BCUT2D eigenvalue weighted by molar-refractivity contribution is 9.10. The predicted molar refractivity (Wildman–Crippen MR) is 57.6 cm³/mol. The van der Waals surface area contributed by atoms with Crippen LogP contribution in [0.3, 0.4) is 0 Å². The molecular weight excluding hydrogens is 284 g/mol. The van der Waals surface area contributed by atoms with Gasteiger partial charge in [0.2, 0.25) is 0 Å². The molecule has 0 aliphatic carbocycles. The van der Waals surface area contributed by atoms with Gasteiger partial charge in [-0.15, -0.1) is 0 Å². The van der Waals surface area contributed by atoms with Gasteiger partial charge in [0.15, 0.2) is 11.6 Å². The molecule has 1 atom stereocenters. The smallest absolute Gasteiger partial charge is 0.307 e. The average molecular weight is 294 g/mol. The first-order valence-corrected chi connectivity index (χ1v) is 5.21. The van der Waals surface area contributed by atoms with Gasteiger partial charge in [-0.05, 0) is 17.7 Å². The molecule has 0 unspecified atom stereocenters. The number of carbonyl (C=O) groups is 1. The minimum absolute atomic E-state index is 0.0971. The molecule has 1 aromatic carbocycles. The number of hydrogen-bond donors (Lipinski definition) is 1. The molecule has 88 valence electrons. The molecule has 0 aliphatic heterocycles. The van der Waals surface area contributed by atoms with Crippen LogP contribution < -0.4 is 5.73 Å². The summed E-state index contributed by atoms with van der Waals surface area (Å²) in [5.41, 5.74) is 5.99. The number of ether oxygens (including phenoxy) is 1. The molecule has 0 spiro atoms. The van der Waals surface area contributed by atoms with Crippen LogP contribution in [0, 0.1) is 11.6 Å². The Labute approximate surface area is 99.7 Å². The van der Waals surface area contributed by atoms with Crippen molar-refractivity contribution in [1.82, 2.24) is 0 Å². The first kappa shape index (κ1) is 13.1. The van der Waals surface area contributed by atoms with Gasteiger partial charge in [0.05, 0.1) is 13.5 Å². The Kier molecular flexibility index (Phi) is 4.37. The zero-order valence-corrected chi connectivity index (χ0v) is 10.1. The number of halogens is 3. The minimum Gasteiger partial charge on any atom is -0.469 e. The number of benzene rings is 1. The Morgan fingerprint density at radius 1 is 1.50 bits per heavy atom. The lowest BCUT2D eigenvalue weighted by Crippen LogP contribution is -2.17. The van der Waals surface area contributed by atoms with Gasteiger partial charge in [0.25, 0.3) is 0 Å². The van der Waals surface area contributed by atoms with Crippen LogP contribution in [-0.2, 0) is 9.53 Å². The summed E-state index contributed by atoms with van der Waals surface area (Å²) in [5, 5.41) is 0. The highest BCUT2D eigenvalue weighted by Crippen LogP contribution is 2.26. The van der Waals surface area contributed by atoms with Crippen molar-refractivity contribution in [2.75, 3.05) is 7.11 Å². The summed E-state index contributed by atoms with van der Waals surface area (Å²) < 4.78 is 30.5. The van der Waals surface area contributed by atoms with Crippen LogP contribution in [0.4, 0.5) is 8.78 Å². The van der Waals surface area contributed by atoms with E-state index in [1.54, 1.807) is 0 Å². The quantitative estimate of drug-likeness (QED) is 0.687. The van der Waals surface area contributed by atoms with E-state index in [1.165, 1.54) is 7.11 Å². The maximum absolute atomic E-state index is 13.0. The van der Waals surface area contributed by atoms with Gasteiger partial charge in [-0.25, -0.2) is 8.78 Å². The van der Waals surface area contributed by atoms with Crippen molar-refractivity contribution in [3.63, 3.8) is 0 Å². The van der Waals surface area contributed by atoms with Crippen LogP contribution in [0.1, 0.15) is 18.0 Å². The number of methoxy groups -OCH3 is 1. The molecule has 1 aromatic rings. The van der Waals surface area contributed by atoms with Gasteiger partial charge in [0, 0.05) is 10.5 Å². The number of hydrogen-bond acceptors (Lipinski definition) is 3. The van der Waals surface area contributed by atoms with Crippen LogP contribution in [0.15, 0.2) is 16.6 Å². The maximum Gasteiger partial charge on any atom is 0.307 e. The Hall–Kier alpha value is -1.01. The molecule has 0 heterocycles. The summed E-state index contributed by atoms with van der Waals surface area (Å²) in [5.74, 6) is -2.48. The summed E-state index contributed by atoms with van der Waals surface area (Å²) in [6.45, 7) is 0. The van der Waals surface area contributed by atoms with Gasteiger partial charge in [0.1, 0.15) is 0 Å². The van der Waals surface area contributed by atoms with Gasteiger partial charge in [-0.3, -0.25) is 4.79 Å². The predicted octanol–water partition coefficient (Wildman–Crippen LogP) is 2.29. The second kappa shape index (κ2) is 5.36. The molecule has 0 amide bonds. The molecule has 0 aromatic heterocycles. The molecule has 0 radical (unpaired) electrons. The Bertz CT molecular complexity index is 412. The zero-order valence-electron chi connectivity index (χ0n) is 8.47. The van der Waals surface area contributed by atoms with E-state index in [0.717, 1.165) is 12.1 Å². The number of carbonyl (C=O) groups excluding carboxylic acids is 1. The second-order valence-corrected chi connectivity index (χ2v) is 4.03. The van der Waals surface area contributed by atoms with Gasteiger partial charge < -0.3 is 10.5 Å². The molecule has 1 rings (SSSR count). The fraction of sp³-hybridized carbons (Fsp3) is 0.300. The van der Waals surface area contributed by atoms with Crippen LogP contribution in [0.5, 0.6) is 0 Å². The van der Waals surface area contributed by atoms with Crippen molar-refractivity contribution >= 4 is 21.9 Å². The molecule has 0 aliphatic rings. The largest absolute Gasteiger partial charge is 0.469 e. The lowest BCUT2D eigenvalue weighted by molar-refractivity contribution is -0.141. The summed E-state index contributed by atoms with van der Waals surface area (Å²) in [4.78, 5) is 11.0. The summed E-state index contributed by atoms with van der Waals surface area (Å²) >= 11 is 3.05. The van der Waals surface area contributed by atoms with E-state index in [1.807, 2.05) is 0 Å². The van der Waals surface area contributed by atoms with Crippen LogP contribution >= 0.6 is 15.9 Å². The topological polar surface area (TPSA) is 52.3 Å². The van der Waals surface area contributed by atoms with E-state index < -0.39 is 23.6 Å². The highest BCUT2D eigenvalue weighted by Gasteiger charge is 2.17. The molecule has 0 saturated heterocycles. The van der Waals surface area contributed by atoms with Crippen LogP contribution in [-0.4, -0.2) is 13.1 Å². The van der Waals surface area contributed by atoms with E-state index >= 15 is 0 Å². The third-order valence-electron chi connectivity index (χ3n) is 2.05. The zero-order chi connectivity index (χ0) is 12.3. The van der Waals surface area contributed by atoms with E-state index in [9.17, 15) is 13.6 Å². The Morgan fingerprint density at radius 3 is 2.62 bits per heavy atom. The van der Waals surface area contributed by atoms with Crippen LogP contribution in [0.2, 0.25) is 0 Å². The van der Waals surface area contributed by atoms with Crippen molar-refractivity contribution in [3.8, 4) is 0 Å². The second-order valence-electron chi connectivity index (χ2n) is 3.17. The minimum atomic E-state index is -1.00. The monoisotopic (exact) mass is 293 g/mol. The SMILES string of the molecule is COC(=O)C[C@@H](N)c1cc(F)c(F)cc1Br. The van der Waals surface area contributed by atoms with Crippen molar-refractivity contribution in [2.24, 2.45) is 5.73 Å². The van der Waals surface area contributed by atoms with Gasteiger partial charge >= 0.3 is 5.97 Å². The molecule has 3 nitrogen and oxygen atoms in total. The van der Waals surface area contributed by atoms with Crippen molar-refractivity contribution in [3.05, 3.63) is 33.8 Å². The lowest BCUT2D eigenvalue weighted by Gasteiger charge is -2.12. The summed E-state index contributed by atoms with van der Waals surface area (Å²) in [7, 11) is 1.23. The Morgan fingerprint density at radius 2 is 2.06 bits per heavy atom. The fourth-order valence-corrected chi connectivity index (χ4v) is 1.80. The van der Waals surface area contributed by atoms with E-state index in [0.29, 0.717) is 10.0 Å². The molecule has 6 heteroatoms. The van der Waals surface area contributed by atoms with Crippen molar-refractivity contribution in [2.45, 2.75) is 12.5 Å². The van der Waals surface area contributed by atoms with Crippen LogP contribution in [0.25, 0.3) is 0 Å². The number of esters is 1. The first-order valence-electron chi connectivity index (χ1n) is 4.42. The van der Waals surface area contributed by atoms with Crippen molar-refractivity contribution in [1.29, 1.82) is 0 Å². The van der Waals surface area contributed by atoms with E-state index in [-0.39, 0.29) is 6.42 Å². The summed E-state index contributed by atoms with van der Waals surface area (Å²) in [6.07, 6.45) is -0.0971. The van der Waals surface area contributed by atoms with Crippen molar-refractivity contribution < 1.29 is 18.3 Å². The van der Waals surface area contributed by atoms with E-state index in [4.69, 9.17) is 5.73 Å². The van der Waals surface area contributed by atoms with Gasteiger partial charge in [-0.2, -0.15) is 0 Å². The maximum atomic E-state index is 13.0. The molecular formula is C10H10BrF2NO2.